The van der Waals surface area contributed by atoms with Crippen molar-refractivity contribution in [3.05, 3.63) is 0 Å². The average Bonchev–Trinajstić information content (AvgIpc) is 3.26. The summed E-state index contributed by atoms with van der Waals surface area (Å²) < 4.78 is 11.5. The smallest absolute Gasteiger partial charge is 0.312 e. The number of esters is 1. The van der Waals surface area contributed by atoms with Gasteiger partial charge in [0.2, 0.25) is 11.8 Å². The number of ether oxygens (including phenoxy) is 2. The monoisotopic (exact) mass is 396 g/mol. The van der Waals surface area contributed by atoms with E-state index in [4.69, 9.17) is 14.6 Å². The molecule has 158 valence electrons. The highest BCUT2D eigenvalue weighted by Crippen LogP contribution is 2.58. The summed E-state index contributed by atoms with van der Waals surface area (Å²) >= 11 is 0. The Hall–Kier alpha value is -1.67. The van der Waals surface area contributed by atoms with Crippen LogP contribution in [0, 0.1) is 11.8 Å². The van der Waals surface area contributed by atoms with Gasteiger partial charge >= 0.3 is 5.97 Å². The summed E-state index contributed by atoms with van der Waals surface area (Å²) in [5.74, 6) is -2.12. The van der Waals surface area contributed by atoms with Crippen molar-refractivity contribution in [2.24, 2.45) is 11.8 Å². The van der Waals surface area contributed by atoms with Crippen molar-refractivity contribution in [1.82, 2.24) is 10.2 Å². The molecule has 2 bridgehead atoms. The first kappa shape index (κ1) is 21.0. The average molecular weight is 396 g/mol. The van der Waals surface area contributed by atoms with Crippen molar-refractivity contribution in [3.63, 3.8) is 0 Å². The molecule has 0 saturated carbocycles. The van der Waals surface area contributed by atoms with E-state index in [-0.39, 0.29) is 37.2 Å². The van der Waals surface area contributed by atoms with Gasteiger partial charge in [0.05, 0.1) is 24.5 Å². The normalized spacial score (nSPS) is 33.5. The van der Waals surface area contributed by atoms with Gasteiger partial charge in [-0.1, -0.05) is 0 Å². The number of hydrogen-bond donors (Lipinski definition) is 2. The summed E-state index contributed by atoms with van der Waals surface area (Å²) in [6.07, 6.45) is 2.99. The number of hydrogen-bond acceptors (Lipinski definition) is 6. The minimum absolute atomic E-state index is 0.0613. The molecule has 8 nitrogen and oxygen atoms in total. The molecule has 1 spiro atoms. The number of carbonyl (C=O) groups excluding carboxylic acids is 3. The molecule has 3 saturated heterocycles. The summed E-state index contributed by atoms with van der Waals surface area (Å²) in [7, 11) is 0. The van der Waals surface area contributed by atoms with Gasteiger partial charge in [-0.05, 0) is 52.9 Å². The largest absolute Gasteiger partial charge is 0.466 e. The predicted octanol–water partition coefficient (Wildman–Crippen LogP) is 0.611. The molecule has 3 aliphatic rings. The van der Waals surface area contributed by atoms with Crippen molar-refractivity contribution >= 4 is 17.8 Å². The van der Waals surface area contributed by atoms with Crippen molar-refractivity contribution in [1.29, 1.82) is 0 Å². The van der Waals surface area contributed by atoms with Crippen LogP contribution in [0.15, 0.2) is 0 Å². The van der Waals surface area contributed by atoms with E-state index in [0.717, 1.165) is 6.42 Å². The molecule has 3 fully saturated rings. The van der Waals surface area contributed by atoms with Crippen LogP contribution in [0.5, 0.6) is 0 Å². The van der Waals surface area contributed by atoms with E-state index in [9.17, 15) is 14.4 Å². The van der Waals surface area contributed by atoms with Crippen LogP contribution in [-0.4, -0.2) is 71.3 Å². The van der Waals surface area contributed by atoms with E-state index in [1.165, 1.54) is 0 Å². The zero-order chi connectivity index (χ0) is 20.5. The molecule has 3 aliphatic heterocycles. The first-order valence-electron chi connectivity index (χ1n) is 10.4. The van der Waals surface area contributed by atoms with Gasteiger partial charge in [-0.25, -0.2) is 0 Å². The summed E-state index contributed by atoms with van der Waals surface area (Å²) in [6.45, 7) is 6.26. The molecule has 0 aromatic carbocycles. The van der Waals surface area contributed by atoms with E-state index in [0.29, 0.717) is 32.2 Å². The number of fused-ring (bicyclic) bond motifs is 1. The van der Waals surface area contributed by atoms with Crippen LogP contribution >= 0.6 is 0 Å². The molecule has 8 heteroatoms. The molecule has 0 aliphatic carbocycles. The molecule has 0 aromatic rings. The van der Waals surface area contributed by atoms with Gasteiger partial charge in [0.15, 0.2) is 0 Å². The molecular formula is C20H32N2O6. The Balaban J connectivity index is 1.89. The van der Waals surface area contributed by atoms with Gasteiger partial charge in [0.1, 0.15) is 11.6 Å². The Morgan fingerprint density at radius 1 is 1.36 bits per heavy atom. The Bertz CT molecular complexity index is 624. The lowest BCUT2D eigenvalue weighted by molar-refractivity contribution is -0.154. The van der Waals surface area contributed by atoms with Gasteiger partial charge in [-0.3, -0.25) is 14.4 Å². The van der Waals surface area contributed by atoms with Gasteiger partial charge in [0.25, 0.3) is 0 Å². The van der Waals surface area contributed by atoms with E-state index in [1.807, 2.05) is 13.8 Å². The topological polar surface area (TPSA) is 105 Å². The minimum Gasteiger partial charge on any atom is -0.466 e. The van der Waals surface area contributed by atoms with E-state index < -0.39 is 29.4 Å². The van der Waals surface area contributed by atoms with Gasteiger partial charge in [0, 0.05) is 19.2 Å². The van der Waals surface area contributed by atoms with Crippen molar-refractivity contribution < 1.29 is 29.0 Å². The number of aliphatic hydroxyl groups is 1. The van der Waals surface area contributed by atoms with Gasteiger partial charge in [-0.15, -0.1) is 0 Å². The fourth-order valence-electron chi connectivity index (χ4n) is 5.13. The van der Waals surface area contributed by atoms with Crippen LogP contribution < -0.4 is 5.32 Å². The zero-order valence-electron chi connectivity index (χ0n) is 17.0. The van der Waals surface area contributed by atoms with Crippen molar-refractivity contribution in [2.45, 2.75) is 76.7 Å². The Morgan fingerprint density at radius 3 is 2.75 bits per heavy atom. The highest BCUT2D eigenvalue weighted by molar-refractivity contribution is 5.98. The van der Waals surface area contributed by atoms with Crippen LogP contribution in [-0.2, 0) is 23.9 Å². The number of nitrogens with one attached hydrogen (secondary N) is 1. The Morgan fingerprint density at radius 2 is 2.11 bits per heavy atom. The number of unbranched alkanes of at least 4 members (excludes halogenated alkanes) is 2. The molecule has 3 heterocycles. The standard InChI is InChI=1S/C20H32N2O6/c1-4-27-19(26)14-13-8-9-20(28-13)15(14)18(25)22(10-6-5-7-11-23)16(20)17(24)21-12(2)3/h12-16,23H,4-11H2,1-3H3,(H,21,24)/t13-,14+,15+,16-,20+/m0/s1. The van der Waals surface area contributed by atoms with Crippen LogP contribution in [0.4, 0.5) is 0 Å². The summed E-state index contributed by atoms with van der Waals surface area (Å²) in [5.41, 5.74) is -0.949. The van der Waals surface area contributed by atoms with Crippen LogP contribution in [0.25, 0.3) is 0 Å². The first-order chi connectivity index (χ1) is 13.4. The lowest BCUT2D eigenvalue weighted by Gasteiger charge is -2.33. The third-order valence-corrected chi connectivity index (χ3v) is 6.10. The molecule has 2 N–H and O–H groups in total. The maximum atomic E-state index is 13.4. The highest BCUT2D eigenvalue weighted by Gasteiger charge is 2.74. The number of amides is 2. The van der Waals surface area contributed by atoms with E-state index in [2.05, 4.69) is 5.32 Å². The number of carbonyl (C=O) groups is 3. The Kier molecular flexibility index (Phi) is 6.29. The fourth-order valence-corrected chi connectivity index (χ4v) is 5.13. The minimum atomic E-state index is -0.949. The second-order valence-electron chi connectivity index (χ2n) is 8.29. The third-order valence-electron chi connectivity index (χ3n) is 6.10. The van der Waals surface area contributed by atoms with Gasteiger partial charge < -0.3 is 24.8 Å². The van der Waals surface area contributed by atoms with Crippen LogP contribution in [0.2, 0.25) is 0 Å². The molecule has 0 aromatic heterocycles. The second-order valence-corrected chi connectivity index (χ2v) is 8.29. The van der Waals surface area contributed by atoms with Crippen LogP contribution in [0.1, 0.15) is 52.9 Å². The maximum Gasteiger partial charge on any atom is 0.312 e. The van der Waals surface area contributed by atoms with Crippen LogP contribution in [0.3, 0.4) is 0 Å². The quantitative estimate of drug-likeness (QED) is 0.437. The second kappa shape index (κ2) is 8.37. The maximum absolute atomic E-state index is 13.4. The van der Waals surface area contributed by atoms with Crippen molar-refractivity contribution in [3.8, 4) is 0 Å². The molecule has 5 atom stereocenters. The highest BCUT2D eigenvalue weighted by atomic mass is 16.6. The van der Waals surface area contributed by atoms with E-state index in [1.54, 1.807) is 11.8 Å². The SMILES string of the molecule is CCOC(=O)[C@@H]1[C@@H]2CC[C@]3(O2)[C@H](C(=O)NC(C)C)N(CCCCCO)C(=O)[C@@H]13. The third kappa shape index (κ3) is 3.41. The van der Waals surface area contributed by atoms with E-state index >= 15 is 0 Å². The molecule has 0 radical (unpaired) electrons. The molecule has 28 heavy (non-hydrogen) atoms. The molecule has 3 rings (SSSR count). The first-order valence-corrected chi connectivity index (χ1v) is 10.4. The summed E-state index contributed by atoms with van der Waals surface area (Å²) in [5, 5.41) is 11.9. The van der Waals surface area contributed by atoms with Gasteiger partial charge in [-0.2, -0.15) is 0 Å². The molecular weight excluding hydrogens is 364 g/mol. The zero-order valence-corrected chi connectivity index (χ0v) is 17.0. The summed E-state index contributed by atoms with van der Waals surface area (Å²) in [6, 6.07) is -0.792. The molecule has 2 amide bonds. The molecule has 0 unspecified atom stereocenters. The number of nitrogens with zero attached hydrogens (tertiary/aromatic N) is 1. The lowest BCUT2D eigenvalue weighted by atomic mass is 9.70. The summed E-state index contributed by atoms with van der Waals surface area (Å²) in [4.78, 5) is 40.6. The fraction of sp³-hybridized carbons (Fsp3) is 0.850. The Labute approximate surface area is 165 Å². The number of likely N-dealkylation sites (tertiary alicyclic amines) is 1. The lowest BCUT2D eigenvalue weighted by Crippen LogP contribution is -2.56. The number of aliphatic hydroxyl groups excluding tert-OH is 1. The predicted molar refractivity (Wildman–Crippen MR) is 100 cm³/mol. The number of rotatable bonds is 9. The van der Waals surface area contributed by atoms with Crippen molar-refractivity contribution in [2.75, 3.05) is 19.8 Å².